The third kappa shape index (κ3) is 2.50. The summed E-state index contributed by atoms with van der Waals surface area (Å²) < 4.78 is 22.0. The number of hydrogen-bond acceptors (Lipinski definition) is 5. The van der Waals surface area contributed by atoms with Crippen LogP contribution >= 0.6 is 7.60 Å². The van der Waals surface area contributed by atoms with Gasteiger partial charge in [-0.2, -0.15) is 4.98 Å². The first-order valence-corrected chi connectivity index (χ1v) is 7.54. The molecule has 0 spiro atoms. The lowest BCUT2D eigenvalue weighted by atomic mass is 10.1. The van der Waals surface area contributed by atoms with Crippen molar-refractivity contribution in [3.63, 3.8) is 0 Å². The summed E-state index contributed by atoms with van der Waals surface area (Å²) in [7, 11) is -4.49. The molecule has 3 rings (SSSR count). The second-order valence-electron chi connectivity index (χ2n) is 4.27. The third-order valence-corrected chi connectivity index (χ3v) is 3.83. The molecule has 108 valence electrons. The summed E-state index contributed by atoms with van der Waals surface area (Å²) in [5.41, 5.74) is 6.39. The molecule has 0 unspecified atom stereocenters. The molecule has 2 heterocycles. The standard InChI is InChI=1S/C13H11N2O5P/c14-13-15-10(11(20-13)8-4-2-1-3-5-8)12-9(6-7-19-12)21(16,17)18/h1-7H,(H2,14,15)(H2,16,17,18). The Morgan fingerprint density at radius 1 is 1.10 bits per heavy atom. The maximum Gasteiger partial charge on any atom is 0.360 e. The van der Waals surface area contributed by atoms with E-state index in [4.69, 9.17) is 14.6 Å². The van der Waals surface area contributed by atoms with E-state index in [9.17, 15) is 14.4 Å². The van der Waals surface area contributed by atoms with Gasteiger partial charge < -0.3 is 24.4 Å². The van der Waals surface area contributed by atoms with Crippen LogP contribution in [0.2, 0.25) is 0 Å². The van der Waals surface area contributed by atoms with Crippen LogP contribution in [0.15, 0.2) is 51.5 Å². The van der Waals surface area contributed by atoms with Crippen LogP contribution < -0.4 is 11.0 Å². The number of aromatic nitrogens is 1. The number of nitrogen functional groups attached to an aromatic ring is 1. The van der Waals surface area contributed by atoms with Crippen LogP contribution in [0.25, 0.3) is 22.8 Å². The lowest BCUT2D eigenvalue weighted by molar-refractivity contribution is 0.387. The van der Waals surface area contributed by atoms with Crippen molar-refractivity contribution in [2.24, 2.45) is 0 Å². The zero-order chi connectivity index (χ0) is 15.0. The number of hydrogen-bond donors (Lipinski definition) is 3. The van der Waals surface area contributed by atoms with Gasteiger partial charge in [-0.25, -0.2) is 0 Å². The van der Waals surface area contributed by atoms with E-state index in [1.165, 1.54) is 12.3 Å². The molecule has 7 nitrogen and oxygen atoms in total. The highest BCUT2D eigenvalue weighted by atomic mass is 31.2. The molecular formula is C13H11N2O5P. The molecule has 0 atom stereocenters. The maximum atomic E-state index is 11.5. The molecule has 0 aliphatic rings. The monoisotopic (exact) mass is 306 g/mol. The van der Waals surface area contributed by atoms with E-state index in [-0.39, 0.29) is 28.5 Å². The Hall–Kier alpha value is -2.34. The largest absolute Gasteiger partial charge is 0.462 e. The predicted octanol–water partition coefficient (Wildman–Crippen LogP) is 1.99. The number of oxazole rings is 1. The van der Waals surface area contributed by atoms with Gasteiger partial charge >= 0.3 is 7.60 Å². The number of furan rings is 1. The molecule has 4 N–H and O–H groups in total. The van der Waals surface area contributed by atoms with E-state index >= 15 is 0 Å². The maximum absolute atomic E-state index is 11.5. The molecule has 21 heavy (non-hydrogen) atoms. The quantitative estimate of drug-likeness (QED) is 0.632. The SMILES string of the molecule is Nc1nc(-c2occc2P(=O)(O)O)c(-c2ccccc2)o1. The minimum Gasteiger partial charge on any atom is -0.462 e. The average molecular weight is 306 g/mol. The summed E-state index contributed by atoms with van der Waals surface area (Å²) in [4.78, 5) is 22.7. The van der Waals surface area contributed by atoms with Crippen molar-refractivity contribution in [3.05, 3.63) is 42.7 Å². The number of anilines is 1. The van der Waals surface area contributed by atoms with Gasteiger partial charge in [0, 0.05) is 5.56 Å². The van der Waals surface area contributed by atoms with Crippen molar-refractivity contribution in [2.75, 3.05) is 5.73 Å². The van der Waals surface area contributed by atoms with Crippen molar-refractivity contribution in [2.45, 2.75) is 0 Å². The van der Waals surface area contributed by atoms with E-state index in [0.29, 0.717) is 5.56 Å². The lowest BCUT2D eigenvalue weighted by Gasteiger charge is -2.03. The van der Waals surface area contributed by atoms with Gasteiger partial charge in [0.25, 0.3) is 6.01 Å². The second-order valence-corrected chi connectivity index (χ2v) is 5.84. The minimum atomic E-state index is -4.49. The smallest absolute Gasteiger partial charge is 0.360 e. The molecule has 0 saturated heterocycles. The van der Waals surface area contributed by atoms with Crippen molar-refractivity contribution in [1.29, 1.82) is 0 Å². The van der Waals surface area contributed by atoms with Gasteiger partial charge in [0.1, 0.15) is 5.30 Å². The van der Waals surface area contributed by atoms with Gasteiger partial charge in [-0.1, -0.05) is 30.3 Å². The molecule has 8 heteroatoms. The molecular weight excluding hydrogens is 295 g/mol. The number of nitrogens with two attached hydrogens (primary N) is 1. The Labute approximate surface area is 119 Å². The number of benzene rings is 1. The summed E-state index contributed by atoms with van der Waals surface area (Å²) in [6.45, 7) is 0. The van der Waals surface area contributed by atoms with E-state index in [1.54, 1.807) is 24.3 Å². The van der Waals surface area contributed by atoms with Crippen molar-refractivity contribution >= 4 is 18.9 Å². The first kappa shape index (κ1) is 13.6. The van der Waals surface area contributed by atoms with Crippen molar-refractivity contribution in [1.82, 2.24) is 4.98 Å². The van der Waals surface area contributed by atoms with E-state index in [0.717, 1.165) is 0 Å². The number of rotatable bonds is 3. The van der Waals surface area contributed by atoms with E-state index in [1.807, 2.05) is 6.07 Å². The minimum absolute atomic E-state index is 0.0531. The van der Waals surface area contributed by atoms with Gasteiger partial charge in [0.15, 0.2) is 17.2 Å². The topological polar surface area (TPSA) is 123 Å². The Morgan fingerprint density at radius 3 is 2.48 bits per heavy atom. The molecule has 0 saturated carbocycles. The molecule has 0 aliphatic carbocycles. The fourth-order valence-corrected chi connectivity index (χ4v) is 2.66. The zero-order valence-corrected chi connectivity index (χ0v) is 11.5. The van der Waals surface area contributed by atoms with E-state index < -0.39 is 7.60 Å². The molecule has 0 aliphatic heterocycles. The summed E-state index contributed by atoms with van der Waals surface area (Å²) in [5, 5.41) is -0.256. The molecule has 0 bridgehead atoms. The average Bonchev–Trinajstić information content (AvgIpc) is 3.05. The highest BCUT2D eigenvalue weighted by Crippen LogP contribution is 2.41. The Balaban J connectivity index is 2.22. The molecule has 0 fully saturated rings. The van der Waals surface area contributed by atoms with Gasteiger partial charge in [-0.3, -0.25) is 4.57 Å². The van der Waals surface area contributed by atoms with Crippen LogP contribution in [0, 0.1) is 0 Å². The predicted molar refractivity (Wildman–Crippen MR) is 75.7 cm³/mol. The van der Waals surface area contributed by atoms with Gasteiger partial charge in [0.2, 0.25) is 0 Å². The van der Waals surface area contributed by atoms with Crippen molar-refractivity contribution in [3.8, 4) is 22.8 Å². The third-order valence-electron chi connectivity index (χ3n) is 2.85. The van der Waals surface area contributed by atoms with Crippen molar-refractivity contribution < 1.29 is 23.2 Å². The highest BCUT2D eigenvalue weighted by Gasteiger charge is 2.29. The fraction of sp³-hybridized carbons (Fsp3) is 0. The molecule has 0 radical (unpaired) electrons. The first-order chi connectivity index (χ1) is 9.97. The van der Waals surface area contributed by atoms with Crippen LogP contribution in [0.3, 0.4) is 0 Å². The summed E-state index contributed by atoms with van der Waals surface area (Å²) >= 11 is 0. The summed E-state index contributed by atoms with van der Waals surface area (Å²) in [5.74, 6) is 0.236. The van der Waals surface area contributed by atoms with Gasteiger partial charge in [-0.15, -0.1) is 0 Å². The normalized spacial score (nSPS) is 11.7. The van der Waals surface area contributed by atoms with Crippen LogP contribution in [-0.4, -0.2) is 14.8 Å². The van der Waals surface area contributed by atoms with Crippen LogP contribution in [0.1, 0.15) is 0 Å². The zero-order valence-electron chi connectivity index (χ0n) is 10.6. The second kappa shape index (κ2) is 4.89. The summed E-state index contributed by atoms with van der Waals surface area (Å²) in [6.07, 6.45) is 1.18. The number of nitrogens with zero attached hydrogens (tertiary/aromatic N) is 1. The Kier molecular flexibility index (Phi) is 3.17. The molecule has 1 aromatic carbocycles. The first-order valence-electron chi connectivity index (χ1n) is 5.92. The van der Waals surface area contributed by atoms with Gasteiger partial charge in [0.05, 0.1) is 6.26 Å². The lowest BCUT2D eigenvalue weighted by Crippen LogP contribution is -2.04. The molecule has 0 amide bonds. The molecule has 3 aromatic rings. The highest BCUT2D eigenvalue weighted by molar-refractivity contribution is 7.60. The van der Waals surface area contributed by atoms with Crippen LogP contribution in [0.5, 0.6) is 0 Å². The van der Waals surface area contributed by atoms with Crippen LogP contribution in [-0.2, 0) is 4.57 Å². The van der Waals surface area contributed by atoms with E-state index in [2.05, 4.69) is 4.98 Å². The Bertz CT molecular complexity index is 818. The fourth-order valence-electron chi connectivity index (χ4n) is 1.98. The van der Waals surface area contributed by atoms with Crippen LogP contribution in [0.4, 0.5) is 6.01 Å². The Morgan fingerprint density at radius 2 is 1.81 bits per heavy atom. The van der Waals surface area contributed by atoms with Gasteiger partial charge in [-0.05, 0) is 6.07 Å². The summed E-state index contributed by atoms with van der Waals surface area (Å²) in [6, 6.07) is 10.0. The molecule has 2 aromatic heterocycles.